The van der Waals surface area contributed by atoms with Crippen LogP contribution in [0.15, 0.2) is 47.4 Å². The Morgan fingerprint density at radius 2 is 2.07 bits per heavy atom. The molecule has 0 bridgehead atoms. The SMILES string of the molecule is N[C@H]1C[C@H](C(=O)Nc2ccc(-n3ccccc3=O)cc2F)C[C@@H]1OCC1CC1. The maximum absolute atomic E-state index is 14.5. The number of anilines is 1. The molecule has 1 aromatic heterocycles. The minimum Gasteiger partial charge on any atom is -0.376 e. The van der Waals surface area contributed by atoms with Crippen LogP contribution in [-0.4, -0.2) is 29.2 Å². The summed E-state index contributed by atoms with van der Waals surface area (Å²) in [5.74, 6) is -0.498. The third-order valence-electron chi connectivity index (χ3n) is 5.48. The summed E-state index contributed by atoms with van der Waals surface area (Å²) in [6.07, 6.45) is 4.94. The molecule has 28 heavy (non-hydrogen) atoms. The first-order valence-electron chi connectivity index (χ1n) is 9.67. The molecular formula is C21H24FN3O3. The van der Waals surface area contributed by atoms with Crippen LogP contribution in [-0.2, 0) is 9.53 Å². The van der Waals surface area contributed by atoms with Crippen LogP contribution in [0.2, 0.25) is 0 Å². The summed E-state index contributed by atoms with van der Waals surface area (Å²) >= 11 is 0. The van der Waals surface area contributed by atoms with Crippen LogP contribution in [0.3, 0.4) is 0 Å². The lowest BCUT2D eigenvalue weighted by molar-refractivity contribution is -0.120. The van der Waals surface area contributed by atoms with E-state index in [4.69, 9.17) is 10.5 Å². The number of pyridine rings is 1. The zero-order chi connectivity index (χ0) is 19.7. The predicted molar refractivity (Wildman–Crippen MR) is 104 cm³/mol. The van der Waals surface area contributed by atoms with Gasteiger partial charge in [-0.1, -0.05) is 6.07 Å². The second-order valence-corrected chi connectivity index (χ2v) is 7.71. The van der Waals surface area contributed by atoms with Crippen molar-refractivity contribution < 1.29 is 13.9 Å². The van der Waals surface area contributed by atoms with E-state index in [2.05, 4.69) is 5.32 Å². The second-order valence-electron chi connectivity index (χ2n) is 7.71. The molecule has 3 atom stereocenters. The van der Waals surface area contributed by atoms with E-state index in [-0.39, 0.29) is 35.2 Å². The maximum Gasteiger partial charge on any atom is 0.255 e. The van der Waals surface area contributed by atoms with Gasteiger partial charge in [-0.2, -0.15) is 0 Å². The Balaban J connectivity index is 1.40. The average molecular weight is 385 g/mol. The van der Waals surface area contributed by atoms with E-state index in [0.717, 1.165) is 0 Å². The lowest BCUT2D eigenvalue weighted by Gasteiger charge is -2.15. The van der Waals surface area contributed by atoms with Crippen LogP contribution in [0.4, 0.5) is 10.1 Å². The number of ether oxygens (including phenoxy) is 1. The largest absolute Gasteiger partial charge is 0.376 e. The van der Waals surface area contributed by atoms with Crippen molar-refractivity contribution in [3.8, 4) is 5.69 Å². The van der Waals surface area contributed by atoms with Crippen LogP contribution in [0, 0.1) is 17.7 Å². The van der Waals surface area contributed by atoms with E-state index in [1.165, 1.54) is 35.6 Å². The molecule has 1 heterocycles. The van der Waals surface area contributed by atoms with Crippen LogP contribution < -0.4 is 16.6 Å². The third kappa shape index (κ3) is 4.15. The third-order valence-corrected chi connectivity index (χ3v) is 5.48. The molecule has 1 aromatic carbocycles. The van der Waals surface area contributed by atoms with E-state index in [1.807, 2.05) is 0 Å². The number of rotatable bonds is 6. The molecule has 2 aromatic rings. The van der Waals surface area contributed by atoms with Gasteiger partial charge in [-0.3, -0.25) is 14.2 Å². The number of aromatic nitrogens is 1. The zero-order valence-electron chi connectivity index (χ0n) is 15.5. The van der Waals surface area contributed by atoms with Crippen LogP contribution >= 0.6 is 0 Å². The van der Waals surface area contributed by atoms with E-state index in [9.17, 15) is 14.0 Å². The maximum atomic E-state index is 14.5. The van der Waals surface area contributed by atoms with Crippen molar-refractivity contribution in [1.82, 2.24) is 4.57 Å². The molecule has 0 radical (unpaired) electrons. The fourth-order valence-corrected chi connectivity index (χ4v) is 3.61. The summed E-state index contributed by atoms with van der Waals surface area (Å²) in [5, 5.41) is 2.65. The van der Waals surface area contributed by atoms with Gasteiger partial charge in [-0.25, -0.2) is 4.39 Å². The second kappa shape index (κ2) is 7.85. The number of hydrogen-bond donors (Lipinski definition) is 2. The fourth-order valence-electron chi connectivity index (χ4n) is 3.61. The molecular weight excluding hydrogens is 361 g/mol. The Kier molecular flexibility index (Phi) is 5.28. The topological polar surface area (TPSA) is 86.4 Å². The number of halogens is 1. The molecule has 6 nitrogen and oxygen atoms in total. The molecule has 2 aliphatic rings. The number of benzene rings is 1. The van der Waals surface area contributed by atoms with Gasteiger partial charge in [0.2, 0.25) is 5.91 Å². The Morgan fingerprint density at radius 3 is 2.79 bits per heavy atom. The average Bonchev–Trinajstić information content (AvgIpc) is 3.43. The van der Waals surface area contributed by atoms with Crippen molar-refractivity contribution in [2.24, 2.45) is 17.6 Å². The highest BCUT2D eigenvalue weighted by Gasteiger charge is 2.37. The van der Waals surface area contributed by atoms with Crippen LogP contribution in [0.1, 0.15) is 25.7 Å². The Labute approximate surface area is 162 Å². The number of carbonyl (C=O) groups excluding carboxylic acids is 1. The van der Waals surface area contributed by atoms with E-state index >= 15 is 0 Å². The summed E-state index contributed by atoms with van der Waals surface area (Å²) in [7, 11) is 0. The van der Waals surface area contributed by atoms with Gasteiger partial charge in [0.05, 0.1) is 17.5 Å². The van der Waals surface area contributed by atoms with E-state index < -0.39 is 5.82 Å². The van der Waals surface area contributed by atoms with E-state index in [0.29, 0.717) is 31.1 Å². The van der Waals surface area contributed by atoms with Crippen molar-refractivity contribution >= 4 is 11.6 Å². The van der Waals surface area contributed by atoms with Gasteiger partial charge in [-0.15, -0.1) is 0 Å². The van der Waals surface area contributed by atoms with Gasteiger partial charge in [-0.05, 0) is 49.8 Å². The van der Waals surface area contributed by atoms with Crippen molar-refractivity contribution in [2.45, 2.75) is 37.8 Å². The van der Waals surface area contributed by atoms with Gasteiger partial charge in [0.15, 0.2) is 0 Å². The van der Waals surface area contributed by atoms with Crippen LogP contribution in [0.25, 0.3) is 5.69 Å². The molecule has 4 rings (SSSR count). The molecule has 1 amide bonds. The lowest BCUT2D eigenvalue weighted by atomic mass is 10.1. The molecule has 0 aliphatic heterocycles. The summed E-state index contributed by atoms with van der Waals surface area (Å²) < 4.78 is 21.7. The molecule has 2 aliphatic carbocycles. The summed E-state index contributed by atoms with van der Waals surface area (Å²) in [6, 6.07) is 8.85. The molecule has 2 fully saturated rings. The monoisotopic (exact) mass is 385 g/mol. The molecule has 0 spiro atoms. The molecule has 148 valence electrons. The predicted octanol–water partition coefficient (Wildman–Crippen LogP) is 2.45. The normalized spacial score (nSPS) is 24.3. The summed E-state index contributed by atoms with van der Waals surface area (Å²) in [6.45, 7) is 0.710. The van der Waals surface area contributed by atoms with E-state index in [1.54, 1.807) is 24.4 Å². The van der Waals surface area contributed by atoms with Crippen LogP contribution in [0.5, 0.6) is 0 Å². The molecule has 0 unspecified atom stereocenters. The number of carbonyl (C=O) groups is 1. The first-order valence-corrected chi connectivity index (χ1v) is 9.67. The van der Waals surface area contributed by atoms with Gasteiger partial charge >= 0.3 is 0 Å². The Morgan fingerprint density at radius 1 is 1.25 bits per heavy atom. The van der Waals surface area contributed by atoms with Gasteiger partial charge in [0.25, 0.3) is 5.56 Å². The van der Waals surface area contributed by atoms with Crippen molar-refractivity contribution in [3.63, 3.8) is 0 Å². The smallest absolute Gasteiger partial charge is 0.255 e. The molecule has 7 heteroatoms. The number of nitrogens with zero attached hydrogens (tertiary/aromatic N) is 1. The first-order chi connectivity index (χ1) is 13.5. The number of hydrogen-bond acceptors (Lipinski definition) is 4. The highest BCUT2D eigenvalue weighted by atomic mass is 19.1. The number of nitrogens with two attached hydrogens (primary N) is 1. The summed E-state index contributed by atoms with van der Waals surface area (Å²) in [5.41, 5.74) is 6.36. The Bertz CT molecular complexity index is 925. The minimum atomic E-state index is -0.592. The van der Waals surface area contributed by atoms with Gasteiger partial charge in [0, 0.05) is 36.9 Å². The summed E-state index contributed by atoms with van der Waals surface area (Å²) in [4.78, 5) is 24.4. The van der Waals surface area contributed by atoms with Crippen molar-refractivity contribution in [1.29, 1.82) is 0 Å². The minimum absolute atomic E-state index is 0.0913. The Hall–Kier alpha value is -2.51. The lowest BCUT2D eigenvalue weighted by Crippen LogP contribution is -2.31. The zero-order valence-corrected chi connectivity index (χ0v) is 15.5. The van der Waals surface area contributed by atoms with Crippen molar-refractivity contribution in [2.75, 3.05) is 11.9 Å². The molecule has 3 N–H and O–H groups in total. The highest BCUT2D eigenvalue weighted by Crippen LogP contribution is 2.33. The highest BCUT2D eigenvalue weighted by molar-refractivity contribution is 5.93. The van der Waals surface area contributed by atoms with Crippen molar-refractivity contribution in [3.05, 3.63) is 58.8 Å². The molecule has 2 saturated carbocycles. The van der Waals surface area contributed by atoms with Gasteiger partial charge < -0.3 is 15.8 Å². The number of nitrogens with one attached hydrogen (secondary N) is 1. The molecule has 0 saturated heterocycles. The quantitative estimate of drug-likeness (QED) is 0.800. The fraction of sp³-hybridized carbons (Fsp3) is 0.429. The standard InChI is InChI=1S/C21H24FN3O3/c22-16-11-15(25-8-2-1-3-20(25)26)6-7-18(16)24-21(27)14-9-17(23)19(10-14)28-12-13-4-5-13/h1-3,6-8,11,13-14,17,19H,4-5,9-10,12,23H2,(H,24,27)/t14-,17-,19-/m0/s1. The first kappa shape index (κ1) is 18.8. The number of amides is 1. The van der Waals surface area contributed by atoms with Gasteiger partial charge in [0.1, 0.15) is 5.82 Å².